The van der Waals surface area contributed by atoms with Crippen molar-refractivity contribution >= 4 is 5.69 Å². The largest absolute Gasteiger partial charge is 0.371 e. The first-order valence-electron chi connectivity index (χ1n) is 8.09. The fraction of sp³-hybridized carbons (Fsp3) is 0.647. The minimum atomic E-state index is -0.486. The van der Waals surface area contributed by atoms with Crippen LogP contribution in [0.4, 0.5) is 14.5 Å². The third kappa shape index (κ3) is 3.54. The van der Waals surface area contributed by atoms with Crippen molar-refractivity contribution in [1.82, 2.24) is 5.32 Å². The monoisotopic (exact) mass is 294 g/mol. The molecule has 0 saturated carbocycles. The lowest BCUT2D eigenvalue weighted by atomic mass is 9.73. The fourth-order valence-corrected chi connectivity index (χ4v) is 3.96. The van der Waals surface area contributed by atoms with Crippen LogP contribution in [-0.2, 0) is 0 Å². The quantitative estimate of drug-likeness (QED) is 0.849. The van der Waals surface area contributed by atoms with Gasteiger partial charge in [0.15, 0.2) is 0 Å². The molecule has 0 unspecified atom stereocenters. The average molecular weight is 294 g/mol. The van der Waals surface area contributed by atoms with Gasteiger partial charge >= 0.3 is 0 Å². The molecule has 3 rings (SSSR count). The van der Waals surface area contributed by atoms with Crippen LogP contribution in [0.5, 0.6) is 0 Å². The number of rotatable bonds is 1. The summed E-state index contributed by atoms with van der Waals surface area (Å²) in [5, 5.41) is 3.54. The van der Waals surface area contributed by atoms with Crippen molar-refractivity contribution in [2.24, 2.45) is 5.41 Å². The van der Waals surface area contributed by atoms with Gasteiger partial charge in [-0.25, -0.2) is 8.78 Å². The Morgan fingerprint density at radius 1 is 0.905 bits per heavy atom. The summed E-state index contributed by atoms with van der Waals surface area (Å²) in [6.07, 6.45) is 7.23. The van der Waals surface area contributed by atoms with Gasteiger partial charge in [0.05, 0.1) is 0 Å². The van der Waals surface area contributed by atoms with Gasteiger partial charge < -0.3 is 10.2 Å². The van der Waals surface area contributed by atoms with Crippen LogP contribution >= 0.6 is 0 Å². The van der Waals surface area contributed by atoms with Crippen molar-refractivity contribution in [3.05, 3.63) is 29.8 Å². The van der Waals surface area contributed by atoms with E-state index >= 15 is 0 Å². The summed E-state index contributed by atoms with van der Waals surface area (Å²) in [6.45, 7) is 4.08. The van der Waals surface area contributed by atoms with Crippen molar-refractivity contribution in [3.8, 4) is 0 Å². The molecule has 0 aliphatic carbocycles. The number of anilines is 1. The first-order chi connectivity index (χ1) is 10.2. The van der Waals surface area contributed by atoms with E-state index in [2.05, 4.69) is 10.2 Å². The molecule has 116 valence electrons. The second-order valence-corrected chi connectivity index (χ2v) is 6.60. The summed E-state index contributed by atoms with van der Waals surface area (Å²) in [5.41, 5.74) is 1.16. The summed E-state index contributed by atoms with van der Waals surface area (Å²) in [5.74, 6) is -0.972. The Morgan fingerprint density at radius 2 is 1.52 bits per heavy atom. The van der Waals surface area contributed by atoms with Gasteiger partial charge in [-0.05, 0) is 62.6 Å². The summed E-state index contributed by atoms with van der Waals surface area (Å²) in [7, 11) is 0. The zero-order chi connectivity index (χ0) is 14.7. The smallest absolute Gasteiger partial charge is 0.128 e. The van der Waals surface area contributed by atoms with E-state index in [1.165, 1.54) is 37.8 Å². The highest BCUT2D eigenvalue weighted by Crippen LogP contribution is 2.38. The van der Waals surface area contributed by atoms with E-state index in [4.69, 9.17) is 0 Å². The molecular weight excluding hydrogens is 270 g/mol. The van der Waals surface area contributed by atoms with Crippen LogP contribution in [0.15, 0.2) is 18.2 Å². The standard InChI is InChI=1S/C17H24F2N2/c18-14-10-15(19)12-16(11-14)21-8-2-5-17(6-3-9-21)4-1-7-20-13-17/h10-12,20H,1-9,13H2. The zero-order valence-electron chi connectivity index (χ0n) is 12.5. The van der Waals surface area contributed by atoms with Crippen molar-refractivity contribution in [2.45, 2.75) is 38.5 Å². The van der Waals surface area contributed by atoms with E-state index in [0.29, 0.717) is 11.1 Å². The Labute approximate surface area is 125 Å². The van der Waals surface area contributed by atoms with E-state index in [-0.39, 0.29) is 0 Å². The van der Waals surface area contributed by atoms with E-state index in [1.54, 1.807) is 0 Å². The molecule has 2 fully saturated rings. The predicted molar refractivity (Wildman–Crippen MR) is 81.6 cm³/mol. The highest BCUT2D eigenvalue weighted by molar-refractivity contribution is 5.46. The Morgan fingerprint density at radius 3 is 2.10 bits per heavy atom. The molecule has 0 aromatic heterocycles. The molecule has 1 aromatic carbocycles. The fourth-order valence-electron chi connectivity index (χ4n) is 3.96. The molecule has 1 aromatic rings. The number of hydrogen-bond donors (Lipinski definition) is 1. The molecule has 2 aliphatic rings. The maximum atomic E-state index is 13.4. The number of nitrogens with zero attached hydrogens (tertiary/aromatic N) is 1. The van der Waals surface area contributed by atoms with Crippen LogP contribution in [0, 0.1) is 17.0 Å². The lowest BCUT2D eigenvalue weighted by Crippen LogP contribution is -2.42. The van der Waals surface area contributed by atoms with Gasteiger partial charge in [-0.3, -0.25) is 0 Å². The molecule has 0 amide bonds. The summed E-state index contributed by atoms with van der Waals surface area (Å²) in [6, 6.07) is 3.83. The molecule has 2 heterocycles. The third-order valence-corrected chi connectivity index (χ3v) is 5.04. The Kier molecular flexibility index (Phi) is 4.43. The molecule has 2 nitrogen and oxygen atoms in total. The molecule has 2 saturated heterocycles. The number of piperidine rings is 1. The maximum absolute atomic E-state index is 13.4. The van der Waals surface area contributed by atoms with E-state index in [9.17, 15) is 8.78 Å². The summed E-state index contributed by atoms with van der Waals surface area (Å²) >= 11 is 0. The molecule has 21 heavy (non-hydrogen) atoms. The van der Waals surface area contributed by atoms with Gasteiger partial charge in [0.25, 0.3) is 0 Å². The van der Waals surface area contributed by atoms with Crippen molar-refractivity contribution in [2.75, 3.05) is 31.1 Å². The van der Waals surface area contributed by atoms with Gasteiger partial charge in [0, 0.05) is 31.4 Å². The number of benzene rings is 1. The summed E-state index contributed by atoms with van der Waals surface area (Å²) < 4.78 is 26.8. The lowest BCUT2D eigenvalue weighted by molar-refractivity contribution is 0.163. The predicted octanol–water partition coefficient (Wildman–Crippen LogP) is 3.72. The molecule has 0 bridgehead atoms. The Bertz CT molecular complexity index is 451. The van der Waals surface area contributed by atoms with E-state index < -0.39 is 11.6 Å². The van der Waals surface area contributed by atoms with Crippen LogP contribution in [0.25, 0.3) is 0 Å². The molecule has 1 N–H and O–H groups in total. The lowest BCUT2D eigenvalue weighted by Gasteiger charge is -2.41. The third-order valence-electron chi connectivity index (χ3n) is 5.04. The minimum Gasteiger partial charge on any atom is -0.371 e. The molecule has 4 heteroatoms. The van der Waals surface area contributed by atoms with Crippen molar-refractivity contribution < 1.29 is 8.78 Å². The van der Waals surface area contributed by atoms with Gasteiger partial charge in [-0.15, -0.1) is 0 Å². The molecule has 1 spiro atoms. The maximum Gasteiger partial charge on any atom is 0.128 e. The van der Waals surface area contributed by atoms with E-state index in [1.807, 2.05) is 0 Å². The molecule has 0 radical (unpaired) electrons. The van der Waals surface area contributed by atoms with Gasteiger partial charge in [-0.2, -0.15) is 0 Å². The number of nitrogens with one attached hydrogen (secondary N) is 1. The Hall–Kier alpha value is -1.16. The van der Waals surface area contributed by atoms with Gasteiger partial charge in [0.1, 0.15) is 11.6 Å². The highest BCUT2D eigenvalue weighted by atomic mass is 19.1. The second kappa shape index (κ2) is 6.30. The van der Waals surface area contributed by atoms with Crippen LogP contribution in [0.3, 0.4) is 0 Å². The minimum absolute atomic E-state index is 0.470. The van der Waals surface area contributed by atoms with Gasteiger partial charge in [-0.1, -0.05) is 0 Å². The molecular formula is C17H24F2N2. The Balaban J connectivity index is 1.66. The number of halogens is 2. The second-order valence-electron chi connectivity index (χ2n) is 6.60. The first-order valence-corrected chi connectivity index (χ1v) is 8.09. The van der Waals surface area contributed by atoms with Crippen molar-refractivity contribution in [1.29, 1.82) is 0 Å². The van der Waals surface area contributed by atoms with Crippen LogP contribution < -0.4 is 10.2 Å². The van der Waals surface area contributed by atoms with Crippen LogP contribution in [-0.4, -0.2) is 26.2 Å². The molecule has 0 atom stereocenters. The zero-order valence-corrected chi connectivity index (χ0v) is 12.5. The van der Waals surface area contributed by atoms with Gasteiger partial charge in [0.2, 0.25) is 0 Å². The van der Waals surface area contributed by atoms with Crippen molar-refractivity contribution in [3.63, 3.8) is 0 Å². The number of hydrogen-bond acceptors (Lipinski definition) is 2. The van der Waals surface area contributed by atoms with Crippen LogP contribution in [0.2, 0.25) is 0 Å². The highest BCUT2D eigenvalue weighted by Gasteiger charge is 2.32. The van der Waals surface area contributed by atoms with Crippen LogP contribution in [0.1, 0.15) is 38.5 Å². The SMILES string of the molecule is Fc1cc(F)cc(N2CCCC3(CCCNC3)CCC2)c1. The normalized spacial score (nSPS) is 22.9. The van der Waals surface area contributed by atoms with E-state index in [0.717, 1.165) is 45.1 Å². The topological polar surface area (TPSA) is 15.3 Å². The average Bonchev–Trinajstić information content (AvgIpc) is 2.43. The molecule has 2 aliphatic heterocycles. The summed E-state index contributed by atoms with van der Waals surface area (Å²) in [4.78, 5) is 2.13. The first kappa shape index (κ1) is 14.8.